The van der Waals surface area contributed by atoms with E-state index >= 15 is 0 Å². The number of carbonyl (C=O) groups is 1. The Labute approximate surface area is 79.7 Å². The fourth-order valence-corrected chi connectivity index (χ4v) is 0.873. The molecule has 0 N–H and O–H groups in total. The predicted molar refractivity (Wildman–Crippen MR) is 51.6 cm³/mol. The lowest BCUT2D eigenvalue weighted by molar-refractivity contribution is 0.0817. The van der Waals surface area contributed by atoms with Gasteiger partial charge >= 0.3 is 6.16 Å². The highest BCUT2D eigenvalue weighted by Crippen LogP contribution is 1.99. The van der Waals surface area contributed by atoms with Gasteiger partial charge in [0.05, 0.1) is 7.11 Å². The summed E-state index contributed by atoms with van der Waals surface area (Å²) in [5, 5.41) is 0. The fraction of sp³-hybridized carbons (Fsp3) is 0.700. The molecule has 0 aliphatic rings. The van der Waals surface area contributed by atoms with Crippen molar-refractivity contribution < 1.29 is 14.3 Å². The number of allylic oxidation sites excluding steroid dienone is 1. The first kappa shape index (κ1) is 12.0. The maximum absolute atomic E-state index is 10.5. The van der Waals surface area contributed by atoms with E-state index in [4.69, 9.17) is 0 Å². The summed E-state index contributed by atoms with van der Waals surface area (Å²) in [5.41, 5.74) is 0. The van der Waals surface area contributed by atoms with Gasteiger partial charge in [-0.3, -0.25) is 0 Å². The van der Waals surface area contributed by atoms with E-state index in [0.717, 1.165) is 6.42 Å². The molecule has 0 rings (SSSR count). The van der Waals surface area contributed by atoms with Crippen LogP contribution in [-0.4, -0.2) is 19.9 Å². The van der Waals surface area contributed by atoms with Crippen LogP contribution in [0.15, 0.2) is 12.2 Å². The number of ether oxygens (including phenoxy) is 2. The average Bonchev–Trinajstić information content (AvgIpc) is 2.16. The molecule has 0 aromatic carbocycles. The molecule has 0 aromatic rings. The van der Waals surface area contributed by atoms with Crippen LogP contribution >= 0.6 is 0 Å². The van der Waals surface area contributed by atoms with Gasteiger partial charge in [-0.05, 0) is 12.8 Å². The lowest BCUT2D eigenvalue weighted by Gasteiger charge is -1.97. The van der Waals surface area contributed by atoms with Crippen LogP contribution in [0.3, 0.4) is 0 Å². The number of methoxy groups -OCH3 is 1. The van der Waals surface area contributed by atoms with E-state index in [0.29, 0.717) is 6.61 Å². The number of unbranched alkanes of at least 4 members (excludes halogenated alkanes) is 3. The fourth-order valence-electron chi connectivity index (χ4n) is 0.873. The van der Waals surface area contributed by atoms with Crippen LogP contribution in [0.4, 0.5) is 4.79 Å². The van der Waals surface area contributed by atoms with Crippen molar-refractivity contribution in [2.75, 3.05) is 13.7 Å². The Hall–Kier alpha value is -0.990. The molecule has 0 spiro atoms. The first-order valence-corrected chi connectivity index (χ1v) is 4.67. The highest BCUT2D eigenvalue weighted by atomic mass is 16.7. The van der Waals surface area contributed by atoms with E-state index in [-0.39, 0.29) is 0 Å². The summed E-state index contributed by atoms with van der Waals surface area (Å²) < 4.78 is 8.95. The van der Waals surface area contributed by atoms with Gasteiger partial charge in [0.25, 0.3) is 0 Å². The third-order valence-electron chi connectivity index (χ3n) is 1.61. The molecule has 0 unspecified atom stereocenters. The molecule has 0 aromatic heterocycles. The van der Waals surface area contributed by atoms with Crippen LogP contribution in [0, 0.1) is 0 Å². The summed E-state index contributed by atoms with van der Waals surface area (Å²) in [6.07, 6.45) is 7.97. The smallest absolute Gasteiger partial charge is 0.438 e. The topological polar surface area (TPSA) is 35.5 Å². The molecular formula is C10H18O3. The van der Waals surface area contributed by atoms with Crippen molar-refractivity contribution in [2.45, 2.75) is 32.6 Å². The first-order valence-electron chi connectivity index (χ1n) is 4.67. The van der Waals surface area contributed by atoms with Crippen LogP contribution in [0.25, 0.3) is 0 Å². The van der Waals surface area contributed by atoms with Crippen LogP contribution in [0.2, 0.25) is 0 Å². The highest BCUT2D eigenvalue weighted by molar-refractivity contribution is 5.59. The van der Waals surface area contributed by atoms with E-state index < -0.39 is 6.16 Å². The van der Waals surface area contributed by atoms with E-state index in [1.165, 1.54) is 26.4 Å². The summed E-state index contributed by atoms with van der Waals surface area (Å²) in [6, 6.07) is 0. The minimum atomic E-state index is -0.627. The summed E-state index contributed by atoms with van der Waals surface area (Å²) in [7, 11) is 1.30. The Morgan fingerprint density at radius 1 is 1.31 bits per heavy atom. The van der Waals surface area contributed by atoms with E-state index in [9.17, 15) is 4.79 Å². The molecule has 3 nitrogen and oxygen atoms in total. The molecule has 0 atom stereocenters. The molecule has 0 saturated carbocycles. The maximum atomic E-state index is 10.5. The molecule has 0 aliphatic carbocycles. The van der Waals surface area contributed by atoms with Crippen LogP contribution in [0.1, 0.15) is 32.6 Å². The monoisotopic (exact) mass is 186 g/mol. The van der Waals surface area contributed by atoms with Gasteiger partial charge in [0.1, 0.15) is 6.61 Å². The molecular weight excluding hydrogens is 168 g/mol. The molecule has 0 amide bonds. The standard InChI is InChI=1S/C10H18O3/c1-3-4-5-6-7-8-9-13-10(11)12-2/h7-8H,3-6,9H2,1-2H3/b8-7+. The molecule has 0 saturated heterocycles. The van der Waals surface area contributed by atoms with Crippen molar-refractivity contribution in [1.82, 2.24) is 0 Å². The molecule has 0 fully saturated rings. The number of rotatable bonds is 6. The zero-order chi connectivity index (χ0) is 9.94. The van der Waals surface area contributed by atoms with Crippen molar-refractivity contribution in [1.29, 1.82) is 0 Å². The third-order valence-corrected chi connectivity index (χ3v) is 1.61. The summed E-state index contributed by atoms with van der Waals surface area (Å²) >= 11 is 0. The van der Waals surface area contributed by atoms with Gasteiger partial charge in [-0.1, -0.05) is 31.9 Å². The lowest BCUT2D eigenvalue weighted by atomic mass is 10.2. The summed E-state index contributed by atoms with van der Waals surface area (Å²) in [6.45, 7) is 2.48. The Morgan fingerprint density at radius 3 is 2.69 bits per heavy atom. The maximum Gasteiger partial charge on any atom is 0.508 e. The lowest BCUT2D eigenvalue weighted by Crippen LogP contribution is -2.03. The molecule has 0 radical (unpaired) electrons. The van der Waals surface area contributed by atoms with Crippen LogP contribution in [-0.2, 0) is 9.47 Å². The van der Waals surface area contributed by atoms with Gasteiger partial charge in [-0.25, -0.2) is 4.79 Å². The van der Waals surface area contributed by atoms with Gasteiger partial charge in [-0.2, -0.15) is 0 Å². The molecule has 13 heavy (non-hydrogen) atoms. The van der Waals surface area contributed by atoms with Gasteiger partial charge in [-0.15, -0.1) is 0 Å². The number of carbonyl (C=O) groups excluding carboxylic acids is 1. The normalized spacial score (nSPS) is 10.3. The molecule has 76 valence electrons. The largest absolute Gasteiger partial charge is 0.508 e. The second-order valence-corrected chi connectivity index (χ2v) is 2.73. The molecule has 0 aliphatic heterocycles. The Bertz CT molecular complexity index is 152. The highest BCUT2D eigenvalue weighted by Gasteiger charge is 1.95. The quantitative estimate of drug-likeness (QED) is 0.363. The molecule has 0 bridgehead atoms. The van der Waals surface area contributed by atoms with Crippen LogP contribution in [0.5, 0.6) is 0 Å². The van der Waals surface area contributed by atoms with Gasteiger partial charge in [0.15, 0.2) is 0 Å². The van der Waals surface area contributed by atoms with Crippen LogP contribution < -0.4 is 0 Å². The van der Waals surface area contributed by atoms with Crippen molar-refractivity contribution in [3.05, 3.63) is 12.2 Å². The molecule has 3 heteroatoms. The van der Waals surface area contributed by atoms with Crippen molar-refractivity contribution in [3.8, 4) is 0 Å². The van der Waals surface area contributed by atoms with E-state index in [1.54, 1.807) is 0 Å². The van der Waals surface area contributed by atoms with E-state index in [1.807, 2.05) is 12.2 Å². The number of hydrogen-bond acceptors (Lipinski definition) is 3. The summed E-state index contributed by atoms with van der Waals surface area (Å²) in [5.74, 6) is 0. The minimum Gasteiger partial charge on any atom is -0.438 e. The zero-order valence-electron chi connectivity index (χ0n) is 8.41. The summed E-state index contributed by atoms with van der Waals surface area (Å²) in [4.78, 5) is 10.5. The Balaban J connectivity index is 3.17. The van der Waals surface area contributed by atoms with Crippen molar-refractivity contribution in [2.24, 2.45) is 0 Å². The zero-order valence-corrected chi connectivity index (χ0v) is 8.41. The third kappa shape index (κ3) is 8.92. The van der Waals surface area contributed by atoms with E-state index in [2.05, 4.69) is 16.4 Å². The predicted octanol–water partition coefficient (Wildman–Crippen LogP) is 2.91. The Kier molecular flexibility index (Phi) is 8.41. The first-order chi connectivity index (χ1) is 6.31. The SMILES string of the molecule is CCCCC/C=C/COC(=O)OC. The second kappa shape index (κ2) is 9.10. The van der Waals surface area contributed by atoms with Gasteiger partial charge < -0.3 is 9.47 Å². The van der Waals surface area contributed by atoms with Crippen molar-refractivity contribution >= 4 is 6.16 Å². The van der Waals surface area contributed by atoms with Gasteiger partial charge in [0.2, 0.25) is 0 Å². The second-order valence-electron chi connectivity index (χ2n) is 2.73. The van der Waals surface area contributed by atoms with Crippen molar-refractivity contribution in [3.63, 3.8) is 0 Å². The minimum absolute atomic E-state index is 0.304. The number of hydrogen-bond donors (Lipinski definition) is 0. The molecule has 0 heterocycles. The van der Waals surface area contributed by atoms with Gasteiger partial charge in [0, 0.05) is 0 Å². The average molecular weight is 186 g/mol. The Morgan fingerprint density at radius 2 is 2.08 bits per heavy atom.